The van der Waals surface area contributed by atoms with Crippen molar-refractivity contribution in [3.8, 4) is 34.1 Å². The number of aromatic nitrogens is 2. The molecule has 0 aliphatic rings. The Kier molecular flexibility index (Phi) is 15.5. The third-order valence-corrected chi connectivity index (χ3v) is 11.4. The predicted molar refractivity (Wildman–Crippen MR) is 240 cm³/mol. The molecular formula is C44H34BBrF4N4O8S2. The Morgan fingerprint density at radius 2 is 1.12 bits per heavy atom. The number of carbonyl (C=O) groups excluding carboxylic acids is 2. The minimum absolute atomic E-state index is 0.00226. The van der Waals surface area contributed by atoms with Gasteiger partial charge < -0.3 is 40.5 Å². The van der Waals surface area contributed by atoms with Crippen LogP contribution in [0.5, 0.6) is 23.0 Å². The van der Waals surface area contributed by atoms with Crippen molar-refractivity contribution in [1.29, 1.82) is 0 Å². The largest absolute Gasteiger partial charge is 0.497 e. The monoisotopic (exact) mass is 976 g/mol. The Labute approximate surface area is 378 Å². The van der Waals surface area contributed by atoms with Crippen molar-refractivity contribution in [2.24, 2.45) is 11.5 Å². The number of nitrogens with zero attached hydrogens (tertiary/aromatic N) is 2. The molecule has 2 amide bonds. The van der Waals surface area contributed by atoms with Crippen LogP contribution in [-0.4, -0.2) is 53.2 Å². The zero-order valence-corrected chi connectivity index (χ0v) is 36.7. The van der Waals surface area contributed by atoms with Crippen molar-refractivity contribution >= 4 is 83.4 Å². The summed E-state index contributed by atoms with van der Waals surface area (Å²) >= 11 is 6.16. The molecule has 0 bridgehead atoms. The number of nitrogens with two attached hydrogens (primary N) is 2. The lowest BCUT2D eigenvalue weighted by molar-refractivity contribution is 0.0982. The van der Waals surface area contributed by atoms with E-state index < -0.39 is 53.3 Å². The molecule has 2 aromatic heterocycles. The number of thiazole rings is 2. The molecule has 0 saturated carbocycles. The molecule has 64 heavy (non-hydrogen) atoms. The Bertz CT molecular complexity index is 2980. The number of amides is 2. The van der Waals surface area contributed by atoms with E-state index in [0.717, 1.165) is 66.0 Å². The molecule has 0 radical (unpaired) electrons. The van der Waals surface area contributed by atoms with Gasteiger partial charge in [0.15, 0.2) is 23.1 Å². The van der Waals surface area contributed by atoms with E-state index in [2.05, 4.69) is 25.9 Å². The third-order valence-electron chi connectivity index (χ3n) is 8.93. The number of benzene rings is 6. The Hall–Kier alpha value is -6.58. The molecule has 6 N–H and O–H groups in total. The lowest BCUT2D eigenvalue weighted by atomic mass is 9.80. The zero-order valence-electron chi connectivity index (χ0n) is 33.5. The fraction of sp³-hybridized carbons (Fsp3) is 0.0909. The van der Waals surface area contributed by atoms with E-state index >= 15 is 0 Å². The highest BCUT2D eigenvalue weighted by Gasteiger charge is 2.21. The maximum atomic E-state index is 14.3. The summed E-state index contributed by atoms with van der Waals surface area (Å²) in [4.78, 5) is 31.2. The molecule has 0 unspecified atom stereocenters. The van der Waals surface area contributed by atoms with Gasteiger partial charge in [0, 0.05) is 4.47 Å². The first-order chi connectivity index (χ1) is 30.6. The number of primary amides is 2. The van der Waals surface area contributed by atoms with Crippen LogP contribution in [-0.2, 0) is 13.2 Å². The second kappa shape index (κ2) is 21.2. The van der Waals surface area contributed by atoms with Crippen molar-refractivity contribution in [3.05, 3.63) is 158 Å². The average molecular weight is 978 g/mol. The highest BCUT2D eigenvalue weighted by Crippen LogP contribution is 2.32. The van der Waals surface area contributed by atoms with Gasteiger partial charge in [0.05, 0.1) is 34.7 Å². The number of fused-ring (bicyclic) bond motifs is 2. The van der Waals surface area contributed by atoms with Crippen molar-refractivity contribution in [3.63, 3.8) is 0 Å². The summed E-state index contributed by atoms with van der Waals surface area (Å²) in [5.41, 5.74) is 12.3. The van der Waals surface area contributed by atoms with Crippen molar-refractivity contribution in [2.45, 2.75) is 13.2 Å². The lowest BCUT2D eigenvalue weighted by Crippen LogP contribution is -2.29. The fourth-order valence-electron chi connectivity index (χ4n) is 5.85. The van der Waals surface area contributed by atoms with Crippen LogP contribution in [0.15, 0.2) is 114 Å². The number of rotatable bonds is 12. The van der Waals surface area contributed by atoms with Gasteiger partial charge in [-0.15, -0.1) is 22.7 Å². The van der Waals surface area contributed by atoms with Gasteiger partial charge in [-0.25, -0.2) is 27.5 Å². The molecule has 328 valence electrons. The second-order valence-corrected chi connectivity index (χ2v) is 16.3. The molecule has 0 aliphatic carbocycles. The zero-order chi connectivity index (χ0) is 46.1. The highest BCUT2D eigenvalue weighted by atomic mass is 79.9. The number of ether oxygens (including phenoxy) is 4. The minimum atomic E-state index is -1.43. The Morgan fingerprint density at radius 1 is 0.641 bits per heavy atom. The molecule has 0 spiro atoms. The summed E-state index contributed by atoms with van der Waals surface area (Å²) in [6, 6.07) is 30.0. The molecule has 0 atom stereocenters. The molecule has 12 nitrogen and oxygen atoms in total. The van der Waals surface area contributed by atoms with Crippen LogP contribution >= 0.6 is 38.6 Å². The van der Waals surface area contributed by atoms with E-state index in [0.29, 0.717) is 21.2 Å². The van der Waals surface area contributed by atoms with Crippen LogP contribution in [0, 0.1) is 23.3 Å². The van der Waals surface area contributed by atoms with Gasteiger partial charge in [-0.3, -0.25) is 9.59 Å². The van der Waals surface area contributed by atoms with Crippen LogP contribution in [0.1, 0.15) is 30.7 Å². The number of carbonyl (C=O) groups is 2. The number of hydrogen-bond donors (Lipinski definition) is 4. The van der Waals surface area contributed by atoms with E-state index in [1.54, 1.807) is 31.4 Å². The first-order valence-electron chi connectivity index (χ1n) is 18.6. The summed E-state index contributed by atoms with van der Waals surface area (Å²) in [5.74, 6) is -5.79. The van der Waals surface area contributed by atoms with E-state index in [1.165, 1.54) is 29.8 Å². The van der Waals surface area contributed by atoms with Crippen molar-refractivity contribution in [2.75, 3.05) is 14.2 Å². The van der Waals surface area contributed by atoms with Crippen LogP contribution in [0.2, 0.25) is 0 Å². The van der Waals surface area contributed by atoms with E-state index in [4.69, 9.17) is 40.5 Å². The van der Waals surface area contributed by atoms with Gasteiger partial charge in [0.25, 0.3) is 11.8 Å². The molecular weight excluding hydrogens is 943 g/mol. The first-order valence-corrected chi connectivity index (χ1v) is 21.0. The summed E-state index contributed by atoms with van der Waals surface area (Å²) in [6.07, 6.45) is 0. The van der Waals surface area contributed by atoms with Crippen molar-refractivity contribution < 1.29 is 56.1 Å². The summed E-state index contributed by atoms with van der Waals surface area (Å²) < 4.78 is 79.1. The molecule has 8 aromatic rings. The topological polar surface area (TPSA) is 189 Å². The van der Waals surface area contributed by atoms with E-state index in [-0.39, 0.29) is 24.7 Å². The van der Waals surface area contributed by atoms with E-state index in [9.17, 15) is 27.2 Å². The normalized spacial score (nSPS) is 10.6. The van der Waals surface area contributed by atoms with Gasteiger partial charge in [-0.05, 0) is 95.5 Å². The fourth-order valence-corrected chi connectivity index (χ4v) is 7.92. The summed E-state index contributed by atoms with van der Waals surface area (Å²) in [5, 5.41) is 18.7. The number of hydrogen-bond acceptors (Lipinski definition) is 12. The molecule has 20 heteroatoms. The SMILES string of the molecule is COc1cccc(-c2ccc3sc(COc4ccc(F)c(C(N)=O)c4F)nc3c2)c1.COc1cccc(B(O)O)c1.NC(=O)c1c(F)ccc(OCc2nc3cc(Br)ccc3s2)c1F. The summed E-state index contributed by atoms with van der Waals surface area (Å²) in [7, 11) is 1.72. The van der Waals surface area contributed by atoms with Crippen LogP contribution in [0.25, 0.3) is 31.6 Å². The molecule has 6 aromatic carbocycles. The van der Waals surface area contributed by atoms with Crippen LogP contribution in [0.4, 0.5) is 17.6 Å². The highest BCUT2D eigenvalue weighted by molar-refractivity contribution is 9.10. The number of methoxy groups -OCH3 is 2. The maximum Gasteiger partial charge on any atom is 0.488 e. The Morgan fingerprint density at radius 3 is 1.64 bits per heavy atom. The molecule has 2 heterocycles. The first kappa shape index (κ1) is 46.9. The van der Waals surface area contributed by atoms with Gasteiger partial charge >= 0.3 is 7.12 Å². The lowest BCUT2D eigenvalue weighted by Gasteiger charge is -2.08. The predicted octanol–water partition coefficient (Wildman–Crippen LogP) is 8.32. The van der Waals surface area contributed by atoms with Gasteiger partial charge in [0.2, 0.25) is 0 Å². The minimum Gasteiger partial charge on any atom is -0.497 e. The van der Waals surface area contributed by atoms with Crippen LogP contribution in [0.3, 0.4) is 0 Å². The quantitative estimate of drug-likeness (QED) is 0.0685. The standard InChI is InChI=1S/C22H16F2N2O3S.C15H9BrF2N2O2S.C7H9BO3/c1-28-14-4-2-3-12(9-14)13-5-8-18-16(10-13)26-19(30-18)11-29-17-7-6-15(23)20(21(17)24)22(25)27;16-7-1-4-11-9(5-7)20-12(23-11)6-22-10-3-2-8(17)13(14(10)18)15(19)21;1-11-7-4-2-3-6(5-7)8(9)10/h2-10H,11H2,1H3,(H2,25,27);1-5H,6H2,(H2,19,21);2-5,9-10H,1H3. The molecule has 8 rings (SSSR count). The molecule has 0 fully saturated rings. The second-order valence-electron chi connectivity index (χ2n) is 13.2. The van der Waals surface area contributed by atoms with Crippen LogP contribution < -0.4 is 35.9 Å². The van der Waals surface area contributed by atoms with Crippen molar-refractivity contribution in [1.82, 2.24) is 9.97 Å². The van der Waals surface area contributed by atoms with E-state index in [1.807, 2.05) is 60.7 Å². The van der Waals surface area contributed by atoms with Gasteiger partial charge in [-0.1, -0.05) is 46.3 Å². The van der Waals surface area contributed by atoms with Gasteiger partial charge in [0.1, 0.15) is 57.5 Å². The molecule has 0 saturated heterocycles. The van der Waals surface area contributed by atoms with Gasteiger partial charge in [-0.2, -0.15) is 0 Å². The number of halogens is 5. The maximum absolute atomic E-state index is 14.3. The third kappa shape index (κ3) is 11.5. The smallest absolute Gasteiger partial charge is 0.488 e. The Balaban J connectivity index is 0.000000176. The summed E-state index contributed by atoms with van der Waals surface area (Å²) in [6.45, 7) is -0.0354. The molecule has 0 aliphatic heterocycles. The average Bonchev–Trinajstić information content (AvgIpc) is 3.89.